The van der Waals surface area contributed by atoms with Crippen molar-refractivity contribution >= 4 is 0 Å². The third-order valence-electron chi connectivity index (χ3n) is 0.940. The van der Waals surface area contributed by atoms with E-state index in [4.69, 9.17) is 5.73 Å². The Morgan fingerprint density at radius 2 is 1.33 bits per heavy atom. The van der Waals surface area contributed by atoms with Gasteiger partial charge in [0, 0.05) is 5.54 Å². The Bertz CT molecular complexity index is 190. The van der Waals surface area contributed by atoms with Crippen molar-refractivity contribution in [3.63, 3.8) is 0 Å². The van der Waals surface area contributed by atoms with Crippen LogP contribution < -0.4 is 5.73 Å². The third kappa shape index (κ3) is 11.9. The van der Waals surface area contributed by atoms with E-state index < -0.39 is 0 Å². The first-order chi connectivity index (χ1) is 5.39. The summed E-state index contributed by atoms with van der Waals surface area (Å²) in [6, 6.07) is 10.3. The summed E-state index contributed by atoms with van der Waals surface area (Å²) in [5, 5.41) is 0. The molecule has 0 aliphatic carbocycles. The van der Waals surface area contributed by atoms with Gasteiger partial charge in [-0.05, 0) is 27.7 Å². The molecule has 0 atom stereocenters. The maximum Gasteiger partial charge on any atom is 0.00686 e. The predicted octanol–water partition coefficient (Wildman–Crippen LogP) is 2.74. The van der Waals surface area contributed by atoms with E-state index in [1.807, 2.05) is 39.0 Å². The fourth-order valence-corrected chi connectivity index (χ4v) is 0.534. The highest BCUT2D eigenvalue weighted by atomic mass is 14.7. The molecule has 0 saturated carbocycles. The highest BCUT2D eigenvalue weighted by molar-refractivity contribution is 5.11. The van der Waals surface area contributed by atoms with Crippen molar-refractivity contribution in [1.29, 1.82) is 0 Å². The van der Waals surface area contributed by atoms with Crippen LogP contribution in [0.3, 0.4) is 0 Å². The number of rotatable bonds is 0. The van der Waals surface area contributed by atoms with Gasteiger partial charge in [-0.25, -0.2) is 0 Å². The minimum Gasteiger partial charge on any atom is -0.326 e. The lowest BCUT2D eigenvalue weighted by molar-refractivity contribution is 0.580. The van der Waals surface area contributed by atoms with Gasteiger partial charge in [-0.15, -0.1) is 0 Å². The average Bonchev–Trinajstić information content (AvgIpc) is 1.85. The van der Waals surface area contributed by atoms with Crippen LogP contribution in [0.2, 0.25) is 0 Å². The highest BCUT2D eigenvalue weighted by Crippen LogP contribution is 1.92. The molecule has 0 heterocycles. The molecule has 1 aromatic carbocycles. The smallest absolute Gasteiger partial charge is 0.00686 e. The molecule has 2 N–H and O–H groups in total. The Labute approximate surface area is 75.6 Å². The molecule has 0 aromatic heterocycles. The minimum atomic E-state index is 0. The van der Waals surface area contributed by atoms with Crippen molar-refractivity contribution < 1.29 is 0 Å². The highest BCUT2D eigenvalue weighted by Gasteiger charge is 1.95. The van der Waals surface area contributed by atoms with Crippen molar-refractivity contribution in [3.05, 3.63) is 35.9 Å². The molecule has 0 aliphatic rings. The molecular formula is C11H19N. The van der Waals surface area contributed by atoms with Gasteiger partial charge in [-0.3, -0.25) is 0 Å². The zero-order chi connectivity index (χ0) is 9.61. The largest absolute Gasteiger partial charge is 0.326 e. The Balaban J connectivity index is 0.000000217. The second kappa shape index (κ2) is 4.94. The van der Waals surface area contributed by atoms with E-state index in [9.17, 15) is 0 Å². The van der Waals surface area contributed by atoms with E-state index in [1.54, 1.807) is 0 Å². The number of hydrogen-bond donors (Lipinski definition) is 1. The molecule has 0 unspecified atom stereocenters. The van der Waals surface area contributed by atoms with Crippen LogP contribution in [0, 0.1) is 6.92 Å². The van der Waals surface area contributed by atoms with Crippen LogP contribution in [0.15, 0.2) is 30.3 Å². The lowest BCUT2D eigenvalue weighted by Gasteiger charge is -2.06. The van der Waals surface area contributed by atoms with E-state index >= 15 is 0 Å². The Morgan fingerprint density at radius 1 is 1.00 bits per heavy atom. The van der Waals surface area contributed by atoms with Crippen molar-refractivity contribution in [2.75, 3.05) is 0 Å². The summed E-state index contributed by atoms with van der Waals surface area (Å²) in [6.45, 7) is 7.98. The number of hydrogen-bond acceptors (Lipinski definition) is 1. The fourth-order valence-electron chi connectivity index (χ4n) is 0.534. The molecule has 0 fully saturated rings. The van der Waals surface area contributed by atoms with Crippen LogP contribution in [0.4, 0.5) is 0 Å². The first-order valence-corrected chi connectivity index (χ1v) is 4.20. The molecule has 0 bridgehead atoms. The van der Waals surface area contributed by atoms with Crippen LogP contribution in [0.25, 0.3) is 0 Å². The van der Waals surface area contributed by atoms with Gasteiger partial charge in [0.05, 0.1) is 0 Å². The summed E-state index contributed by atoms with van der Waals surface area (Å²) in [7, 11) is 0. The van der Waals surface area contributed by atoms with Gasteiger partial charge in [0.15, 0.2) is 0 Å². The Morgan fingerprint density at radius 3 is 1.50 bits per heavy atom. The van der Waals surface area contributed by atoms with Crippen molar-refractivity contribution in [2.45, 2.75) is 33.2 Å². The molecule has 1 aromatic rings. The number of aryl methyl sites for hydroxylation is 1. The molecular weight excluding hydrogens is 146 g/mol. The van der Waals surface area contributed by atoms with Gasteiger partial charge in [0.25, 0.3) is 0 Å². The SMILES string of the molecule is CC(C)(C)N.Cc1ccccc1. The summed E-state index contributed by atoms with van der Waals surface area (Å²) >= 11 is 0. The molecule has 0 radical (unpaired) electrons. The standard InChI is InChI=1S/C7H8.C4H11N/c1-7-5-3-2-4-6-7;1-4(2,3)5/h2-6H,1H3;5H2,1-3H3. The van der Waals surface area contributed by atoms with E-state index in [-0.39, 0.29) is 5.54 Å². The molecule has 0 aliphatic heterocycles. The first kappa shape index (κ1) is 11.2. The molecule has 68 valence electrons. The van der Waals surface area contributed by atoms with E-state index in [2.05, 4.69) is 19.1 Å². The van der Waals surface area contributed by atoms with Gasteiger partial charge < -0.3 is 5.73 Å². The monoisotopic (exact) mass is 165 g/mol. The minimum absolute atomic E-state index is 0. The Kier molecular flexibility index (Phi) is 4.60. The normalized spacial score (nSPS) is 10.1. The molecule has 0 saturated heterocycles. The molecule has 0 spiro atoms. The number of benzene rings is 1. The second-order valence-corrected chi connectivity index (χ2v) is 4.02. The summed E-state index contributed by atoms with van der Waals surface area (Å²) in [5.41, 5.74) is 6.68. The third-order valence-corrected chi connectivity index (χ3v) is 0.940. The predicted molar refractivity (Wildman–Crippen MR) is 55.1 cm³/mol. The van der Waals surface area contributed by atoms with E-state index in [0.29, 0.717) is 0 Å². The van der Waals surface area contributed by atoms with Crippen molar-refractivity contribution in [1.82, 2.24) is 0 Å². The zero-order valence-electron chi connectivity index (χ0n) is 8.46. The molecule has 12 heavy (non-hydrogen) atoms. The van der Waals surface area contributed by atoms with Crippen LogP contribution >= 0.6 is 0 Å². The maximum atomic E-state index is 5.35. The fraction of sp³-hybridized carbons (Fsp3) is 0.455. The quantitative estimate of drug-likeness (QED) is 0.628. The van der Waals surface area contributed by atoms with Gasteiger partial charge in [-0.1, -0.05) is 35.9 Å². The Hall–Kier alpha value is -0.820. The molecule has 1 rings (SSSR count). The maximum absolute atomic E-state index is 5.35. The summed E-state index contributed by atoms with van der Waals surface area (Å²) in [5.74, 6) is 0. The van der Waals surface area contributed by atoms with Crippen LogP contribution in [-0.2, 0) is 0 Å². The van der Waals surface area contributed by atoms with E-state index in [0.717, 1.165) is 0 Å². The average molecular weight is 165 g/mol. The van der Waals surface area contributed by atoms with Gasteiger partial charge in [-0.2, -0.15) is 0 Å². The van der Waals surface area contributed by atoms with Crippen LogP contribution in [0.5, 0.6) is 0 Å². The summed E-state index contributed by atoms with van der Waals surface area (Å²) in [4.78, 5) is 0. The molecule has 1 heteroatoms. The van der Waals surface area contributed by atoms with Gasteiger partial charge in [0.1, 0.15) is 0 Å². The van der Waals surface area contributed by atoms with Crippen molar-refractivity contribution in [3.8, 4) is 0 Å². The van der Waals surface area contributed by atoms with Crippen molar-refractivity contribution in [2.24, 2.45) is 5.73 Å². The van der Waals surface area contributed by atoms with Crippen LogP contribution in [0.1, 0.15) is 26.3 Å². The molecule has 1 nitrogen and oxygen atoms in total. The summed E-state index contributed by atoms with van der Waals surface area (Å²) in [6.07, 6.45) is 0. The van der Waals surface area contributed by atoms with Gasteiger partial charge >= 0.3 is 0 Å². The summed E-state index contributed by atoms with van der Waals surface area (Å²) < 4.78 is 0. The second-order valence-electron chi connectivity index (χ2n) is 4.02. The lowest BCUT2D eigenvalue weighted by atomic mass is 10.1. The van der Waals surface area contributed by atoms with E-state index in [1.165, 1.54) is 5.56 Å². The van der Waals surface area contributed by atoms with Gasteiger partial charge in [0.2, 0.25) is 0 Å². The molecule has 0 amide bonds. The topological polar surface area (TPSA) is 26.0 Å². The number of nitrogens with two attached hydrogens (primary N) is 1. The first-order valence-electron chi connectivity index (χ1n) is 4.20. The lowest BCUT2D eigenvalue weighted by Crippen LogP contribution is -2.26. The van der Waals surface area contributed by atoms with Crippen LogP contribution in [-0.4, -0.2) is 5.54 Å². The zero-order valence-corrected chi connectivity index (χ0v) is 8.46.